The van der Waals surface area contributed by atoms with Gasteiger partial charge in [-0.1, -0.05) is 25.5 Å². The molecular weight excluding hydrogens is 386 g/mol. The van der Waals surface area contributed by atoms with Crippen molar-refractivity contribution in [3.63, 3.8) is 0 Å². The van der Waals surface area contributed by atoms with Gasteiger partial charge in [0.25, 0.3) is 0 Å². The van der Waals surface area contributed by atoms with E-state index in [1.165, 1.54) is 4.90 Å². The third kappa shape index (κ3) is 2.70. The smallest absolute Gasteiger partial charge is 0.303 e. The molecule has 3 aliphatic rings. The molecule has 1 spiro atoms. The Hall–Kier alpha value is -2.74. The average Bonchev–Trinajstić information content (AvgIpc) is 3.27. The van der Waals surface area contributed by atoms with Gasteiger partial charge in [-0.2, -0.15) is 0 Å². The van der Waals surface area contributed by atoms with Crippen LogP contribution < -0.4 is 10.6 Å². The highest BCUT2D eigenvalue weighted by Crippen LogP contribution is 2.54. The predicted molar refractivity (Wildman–Crippen MR) is 109 cm³/mol. The zero-order chi connectivity index (χ0) is 21.8. The Balaban J connectivity index is 1.83. The minimum absolute atomic E-state index is 0.144. The Bertz CT molecular complexity index is 958. The summed E-state index contributed by atoms with van der Waals surface area (Å²) in [5, 5.41) is 15.4. The molecule has 2 fully saturated rings. The van der Waals surface area contributed by atoms with E-state index in [2.05, 4.69) is 10.6 Å². The van der Waals surface area contributed by atoms with Gasteiger partial charge in [0.05, 0.1) is 11.8 Å². The van der Waals surface area contributed by atoms with Gasteiger partial charge < -0.3 is 10.4 Å². The first-order valence-corrected chi connectivity index (χ1v) is 10.5. The number of carbonyl (C=O) groups excluding carboxylic acids is 3. The van der Waals surface area contributed by atoms with E-state index in [1.54, 1.807) is 0 Å². The van der Waals surface area contributed by atoms with Crippen LogP contribution in [0.15, 0.2) is 12.1 Å². The molecule has 1 aromatic carbocycles. The van der Waals surface area contributed by atoms with Crippen LogP contribution in [0.2, 0.25) is 0 Å². The highest BCUT2D eigenvalue weighted by molar-refractivity contribution is 6.15. The summed E-state index contributed by atoms with van der Waals surface area (Å²) < 4.78 is 0. The average molecular weight is 413 g/mol. The third-order valence-corrected chi connectivity index (χ3v) is 6.92. The van der Waals surface area contributed by atoms with Crippen LogP contribution in [-0.4, -0.2) is 46.3 Å². The van der Waals surface area contributed by atoms with Crippen molar-refractivity contribution in [1.82, 2.24) is 10.2 Å². The monoisotopic (exact) mass is 413 g/mol. The van der Waals surface area contributed by atoms with Crippen LogP contribution in [-0.2, 0) is 24.7 Å². The molecule has 2 saturated heterocycles. The van der Waals surface area contributed by atoms with E-state index in [1.807, 2.05) is 32.9 Å². The summed E-state index contributed by atoms with van der Waals surface area (Å²) in [6.07, 6.45) is 1.55. The number of likely N-dealkylation sites (tertiary alicyclic amines) is 1. The van der Waals surface area contributed by atoms with Gasteiger partial charge in [-0.05, 0) is 37.8 Å². The van der Waals surface area contributed by atoms with Gasteiger partial charge in [-0.25, -0.2) is 0 Å². The molecule has 160 valence electrons. The molecule has 4 atom stereocenters. The Labute approximate surface area is 175 Å². The molecule has 8 heteroatoms. The van der Waals surface area contributed by atoms with Crippen LogP contribution in [0.25, 0.3) is 0 Å². The number of rotatable bonds is 6. The number of nitrogens with one attached hydrogen (secondary N) is 2. The highest BCUT2D eigenvalue weighted by Gasteiger charge is 2.70. The molecule has 0 unspecified atom stereocenters. The Morgan fingerprint density at radius 3 is 2.60 bits per heavy atom. The maximum Gasteiger partial charge on any atom is 0.303 e. The van der Waals surface area contributed by atoms with Crippen LogP contribution in [0.5, 0.6) is 0 Å². The Kier molecular flexibility index (Phi) is 4.92. The van der Waals surface area contributed by atoms with E-state index >= 15 is 0 Å². The molecule has 8 nitrogen and oxygen atoms in total. The molecule has 3 amide bonds. The van der Waals surface area contributed by atoms with E-state index in [-0.39, 0.29) is 30.6 Å². The number of carboxylic acids is 1. The fourth-order valence-corrected chi connectivity index (χ4v) is 5.24. The largest absolute Gasteiger partial charge is 0.481 e. The normalized spacial score (nSPS) is 29.5. The van der Waals surface area contributed by atoms with Crippen LogP contribution in [0.4, 0.5) is 5.69 Å². The topological polar surface area (TPSA) is 116 Å². The molecule has 3 heterocycles. The third-order valence-electron chi connectivity index (χ3n) is 6.92. The lowest BCUT2D eigenvalue weighted by atomic mass is 9.76. The molecule has 0 bridgehead atoms. The summed E-state index contributed by atoms with van der Waals surface area (Å²) in [5.74, 6) is -3.58. The first-order chi connectivity index (χ1) is 14.2. The molecule has 0 aromatic heterocycles. The quantitative estimate of drug-likeness (QED) is 0.611. The van der Waals surface area contributed by atoms with Crippen molar-refractivity contribution in [3.8, 4) is 0 Å². The van der Waals surface area contributed by atoms with Crippen molar-refractivity contribution < 1.29 is 24.3 Å². The molecule has 30 heavy (non-hydrogen) atoms. The second-order valence-electron chi connectivity index (χ2n) is 8.56. The molecule has 3 N–H and O–H groups in total. The van der Waals surface area contributed by atoms with Crippen LogP contribution in [0.3, 0.4) is 0 Å². The first kappa shape index (κ1) is 20.5. The van der Waals surface area contributed by atoms with Crippen LogP contribution in [0, 0.1) is 25.7 Å². The minimum Gasteiger partial charge on any atom is -0.481 e. The molecule has 0 saturated carbocycles. The lowest BCUT2D eigenvalue weighted by molar-refractivity contribution is -0.143. The van der Waals surface area contributed by atoms with E-state index in [4.69, 9.17) is 5.11 Å². The van der Waals surface area contributed by atoms with Gasteiger partial charge >= 0.3 is 5.97 Å². The summed E-state index contributed by atoms with van der Waals surface area (Å²) in [4.78, 5) is 52.5. The van der Waals surface area contributed by atoms with Gasteiger partial charge in [-0.3, -0.25) is 29.4 Å². The van der Waals surface area contributed by atoms with Crippen molar-refractivity contribution in [3.05, 3.63) is 28.8 Å². The SMILES string of the molecule is CCCCN1C(=O)[C@@H]2[C@@H](C1=O)[C@@]1(N[C@@H]2CCC(=O)O)C(=O)Nc2c1ccc(C)c2C. The number of amides is 3. The van der Waals surface area contributed by atoms with Gasteiger partial charge in [0.1, 0.15) is 5.54 Å². The molecule has 4 rings (SSSR count). The second-order valence-corrected chi connectivity index (χ2v) is 8.56. The zero-order valence-corrected chi connectivity index (χ0v) is 17.4. The Morgan fingerprint density at radius 1 is 1.20 bits per heavy atom. The van der Waals surface area contributed by atoms with Crippen molar-refractivity contribution >= 4 is 29.4 Å². The number of carbonyl (C=O) groups is 4. The summed E-state index contributed by atoms with van der Waals surface area (Å²) in [5.41, 5.74) is 1.93. The number of carboxylic acid groups (broad SMARTS) is 1. The predicted octanol–water partition coefficient (Wildman–Crippen LogP) is 1.69. The number of fused-ring (bicyclic) bond motifs is 4. The van der Waals surface area contributed by atoms with Crippen molar-refractivity contribution in [2.24, 2.45) is 11.8 Å². The summed E-state index contributed by atoms with van der Waals surface area (Å²) in [6.45, 7) is 6.17. The number of imide groups is 1. The van der Waals surface area contributed by atoms with E-state index in [0.29, 0.717) is 24.2 Å². The number of hydrogen-bond acceptors (Lipinski definition) is 5. The Morgan fingerprint density at radius 2 is 1.93 bits per heavy atom. The van der Waals surface area contributed by atoms with Crippen LogP contribution >= 0.6 is 0 Å². The summed E-state index contributed by atoms with van der Waals surface area (Å²) in [6, 6.07) is 3.19. The van der Waals surface area contributed by atoms with Gasteiger partial charge in [-0.15, -0.1) is 0 Å². The lowest BCUT2D eigenvalue weighted by Crippen LogP contribution is -2.53. The van der Waals surface area contributed by atoms with Gasteiger partial charge in [0, 0.05) is 30.3 Å². The first-order valence-electron chi connectivity index (χ1n) is 10.5. The zero-order valence-electron chi connectivity index (χ0n) is 17.4. The number of nitrogens with zero attached hydrogens (tertiary/aromatic N) is 1. The van der Waals surface area contributed by atoms with E-state index in [9.17, 15) is 19.2 Å². The number of hydrogen-bond donors (Lipinski definition) is 3. The van der Waals surface area contributed by atoms with Crippen molar-refractivity contribution in [2.45, 2.75) is 58.0 Å². The standard InChI is InChI=1S/C22H27N3O5/c1-4-5-10-25-19(28)16-14(8-9-15(26)27)24-22(17(16)20(25)29)13-7-6-11(2)12(3)18(13)23-21(22)30/h6-7,14,16-17,24H,4-5,8-10H2,1-3H3,(H,23,30)(H,26,27)/t14-,16+,17+,22-/m1/s1. The fourth-order valence-electron chi connectivity index (χ4n) is 5.24. The maximum absolute atomic E-state index is 13.4. The number of benzene rings is 1. The lowest BCUT2D eigenvalue weighted by Gasteiger charge is -2.29. The van der Waals surface area contributed by atoms with E-state index < -0.39 is 29.4 Å². The molecule has 0 aliphatic carbocycles. The molecular formula is C22H27N3O5. The second kappa shape index (κ2) is 7.19. The van der Waals surface area contributed by atoms with Crippen LogP contribution in [0.1, 0.15) is 49.3 Å². The van der Waals surface area contributed by atoms with Gasteiger partial charge in [0.15, 0.2) is 0 Å². The maximum atomic E-state index is 13.4. The summed E-state index contributed by atoms with van der Waals surface area (Å²) in [7, 11) is 0. The summed E-state index contributed by atoms with van der Waals surface area (Å²) >= 11 is 0. The van der Waals surface area contributed by atoms with Crippen molar-refractivity contribution in [1.29, 1.82) is 0 Å². The number of unbranched alkanes of at least 4 members (excludes halogenated alkanes) is 1. The number of aliphatic carboxylic acids is 1. The number of aryl methyl sites for hydroxylation is 1. The highest BCUT2D eigenvalue weighted by atomic mass is 16.4. The molecule has 3 aliphatic heterocycles. The minimum atomic E-state index is -1.35. The van der Waals surface area contributed by atoms with E-state index in [0.717, 1.165) is 17.5 Å². The van der Waals surface area contributed by atoms with Gasteiger partial charge in [0.2, 0.25) is 17.7 Å². The molecule has 1 aromatic rings. The van der Waals surface area contributed by atoms with Crippen molar-refractivity contribution in [2.75, 3.05) is 11.9 Å². The molecule has 0 radical (unpaired) electrons. The number of anilines is 1. The fraction of sp³-hybridized carbons (Fsp3) is 0.545.